The van der Waals surface area contributed by atoms with Crippen molar-refractivity contribution in [3.05, 3.63) is 0 Å². The lowest BCUT2D eigenvalue weighted by Crippen LogP contribution is -2.54. The Hall–Kier alpha value is -0.610. The van der Waals surface area contributed by atoms with Crippen LogP contribution in [0.25, 0.3) is 0 Å². The SMILES string of the molecule is CCC(C)(C)OC(=O)C1CNCCN1. The van der Waals surface area contributed by atoms with Crippen LogP contribution >= 0.6 is 0 Å². The summed E-state index contributed by atoms with van der Waals surface area (Å²) in [6, 6.07) is -0.186. The molecule has 4 nitrogen and oxygen atoms in total. The highest BCUT2D eigenvalue weighted by Gasteiger charge is 2.27. The summed E-state index contributed by atoms with van der Waals surface area (Å²) < 4.78 is 5.39. The zero-order valence-corrected chi connectivity index (χ0v) is 9.22. The predicted molar refractivity (Wildman–Crippen MR) is 55.1 cm³/mol. The lowest BCUT2D eigenvalue weighted by atomic mass is 10.1. The molecule has 1 aliphatic rings. The van der Waals surface area contributed by atoms with Crippen LogP contribution in [-0.2, 0) is 9.53 Å². The summed E-state index contributed by atoms with van der Waals surface area (Å²) >= 11 is 0. The van der Waals surface area contributed by atoms with Crippen LogP contribution in [0.1, 0.15) is 27.2 Å². The Morgan fingerprint density at radius 2 is 2.21 bits per heavy atom. The van der Waals surface area contributed by atoms with Crippen LogP contribution in [0.3, 0.4) is 0 Å². The van der Waals surface area contributed by atoms with E-state index in [0.29, 0.717) is 6.54 Å². The molecule has 1 fully saturated rings. The zero-order chi connectivity index (χ0) is 10.6. The average Bonchev–Trinajstić information content (AvgIpc) is 2.19. The third kappa shape index (κ3) is 3.27. The molecule has 0 aromatic rings. The molecule has 1 heterocycles. The third-order valence-corrected chi connectivity index (χ3v) is 2.55. The molecule has 0 aliphatic carbocycles. The number of esters is 1. The molecular weight excluding hydrogens is 180 g/mol. The van der Waals surface area contributed by atoms with E-state index in [1.807, 2.05) is 20.8 Å². The number of nitrogens with one attached hydrogen (secondary N) is 2. The van der Waals surface area contributed by atoms with Crippen LogP contribution in [-0.4, -0.2) is 37.2 Å². The van der Waals surface area contributed by atoms with Crippen LogP contribution < -0.4 is 10.6 Å². The summed E-state index contributed by atoms with van der Waals surface area (Å²) in [5, 5.41) is 6.28. The molecule has 0 amide bonds. The lowest BCUT2D eigenvalue weighted by molar-refractivity contribution is -0.159. The van der Waals surface area contributed by atoms with Crippen molar-refractivity contribution in [2.45, 2.75) is 38.8 Å². The van der Waals surface area contributed by atoms with Crippen LogP contribution in [0.2, 0.25) is 0 Å². The summed E-state index contributed by atoms with van der Waals surface area (Å²) in [5.74, 6) is -0.149. The van der Waals surface area contributed by atoms with Crippen LogP contribution in [0, 0.1) is 0 Å². The fourth-order valence-electron chi connectivity index (χ4n) is 1.24. The first kappa shape index (κ1) is 11.5. The van der Waals surface area contributed by atoms with Gasteiger partial charge in [-0.1, -0.05) is 6.92 Å². The Morgan fingerprint density at radius 3 is 2.71 bits per heavy atom. The second kappa shape index (κ2) is 4.75. The molecule has 82 valence electrons. The summed E-state index contributed by atoms with van der Waals surface area (Å²) in [4.78, 5) is 11.6. The summed E-state index contributed by atoms with van der Waals surface area (Å²) in [6.45, 7) is 8.29. The highest BCUT2D eigenvalue weighted by molar-refractivity contribution is 5.76. The number of ether oxygens (including phenoxy) is 1. The minimum absolute atomic E-state index is 0.149. The van der Waals surface area contributed by atoms with Gasteiger partial charge in [0.1, 0.15) is 11.6 Å². The summed E-state index contributed by atoms with van der Waals surface area (Å²) in [5.41, 5.74) is -0.351. The van der Waals surface area contributed by atoms with Gasteiger partial charge in [-0.3, -0.25) is 4.79 Å². The number of hydrogen-bond donors (Lipinski definition) is 2. The van der Waals surface area contributed by atoms with E-state index >= 15 is 0 Å². The molecule has 14 heavy (non-hydrogen) atoms. The van der Waals surface area contributed by atoms with Crippen molar-refractivity contribution in [3.63, 3.8) is 0 Å². The molecule has 0 saturated carbocycles. The van der Waals surface area contributed by atoms with Crippen molar-refractivity contribution >= 4 is 5.97 Å². The molecule has 1 saturated heterocycles. The Morgan fingerprint density at radius 1 is 1.50 bits per heavy atom. The van der Waals surface area contributed by atoms with Crippen LogP contribution in [0.4, 0.5) is 0 Å². The first-order chi connectivity index (χ1) is 6.55. The van der Waals surface area contributed by atoms with Crippen molar-refractivity contribution < 1.29 is 9.53 Å². The van der Waals surface area contributed by atoms with Gasteiger partial charge in [0, 0.05) is 19.6 Å². The molecule has 0 spiro atoms. The van der Waals surface area contributed by atoms with Gasteiger partial charge in [-0.25, -0.2) is 0 Å². The van der Waals surface area contributed by atoms with E-state index in [1.54, 1.807) is 0 Å². The quantitative estimate of drug-likeness (QED) is 0.642. The molecule has 4 heteroatoms. The maximum atomic E-state index is 11.6. The van der Waals surface area contributed by atoms with Gasteiger partial charge in [0.2, 0.25) is 0 Å². The van der Waals surface area contributed by atoms with E-state index in [0.717, 1.165) is 19.5 Å². The molecule has 1 unspecified atom stereocenters. The number of hydrogen-bond acceptors (Lipinski definition) is 4. The van der Waals surface area contributed by atoms with Gasteiger partial charge in [-0.2, -0.15) is 0 Å². The van der Waals surface area contributed by atoms with Gasteiger partial charge in [0.05, 0.1) is 0 Å². The smallest absolute Gasteiger partial charge is 0.324 e. The monoisotopic (exact) mass is 200 g/mol. The largest absolute Gasteiger partial charge is 0.458 e. The fraction of sp³-hybridized carbons (Fsp3) is 0.900. The highest BCUT2D eigenvalue weighted by Crippen LogP contribution is 2.14. The second-order valence-corrected chi connectivity index (χ2v) is 4.25. The van der Waals surface area contributed by atoms with Crippen molar-refractivity contribution in [1.82, 2.24) is 10.6 Å². The Balaban J connectivity index is 2.40. The van der Waals surface area contributed by atoms with E-state index in [-0.39, 0.29) is 17.6 Å². The summed E-state index contributed by atoms with van der Waals surface area (Å²) in [6.07, 6.45) is 0.832. The van der Waals surface area contributed by atoms with Crippen molar-refractivity contribution in [2.24, 2.45) is 0 Å². The first-order valence-corrected chi connectivity index (χ1v) is 5.22. The number of carbonyl (C=O) groups is 1. The number of carbonyl (C=O) groups excluding carboxylic acids is 1. The minimum atomic E-state index is -0.351. The van der Waals surface area contributed by atoms with E-state index < -0.39 is 0 Å². The van der Waals surface area contributed by atoms with Crippen LogP contribution in [0.15, 0.2) is 0 Å². The standard InChI is InChI=1S/C10H20N2O2/c1-4-10(2,3)14-9(13)8-7-11-5-6-12-8/h8,11-12H,4-7H2,1-3H3. The van der Waals surface area contributed by atoms with Gasteiger partial charge in [0.25, 0.3) is 0 Å². The van der Waals surface area contributed by atoms with E-state index in [9.17, 15) is 4.79 Å². The zero-order valence-electron chi connectivity index (χ0n) is 9.22. The molecule has 1 rings (SSSR count). The van der Waals surface area contributed by atoms with E-state index in [2.05, 4.69) is 10.6 Å². The molecule has 2 N–H and O–H groups in total. The van der Waals surface area contributed by atoms with E-state index in [4.69, 9.17) is 4.74 Å². The molecule has 0 radical (unpaired) electrons. The fourth-order valence-corrected chi connectivity index (χ4v) is 1.24. The maximum absolute atomic E-state index is 11.6. The second-order valence-electron chi connectivity index (χ2n) is 4.25. The van der Waals surface area contributed by atoms with Crippen molar-refractivity contribution in [2.75, 3.05) is 19.6 Å². The van der Waals surface area contributed by atoms with Crippen LogP contribution in [0.5, 0.6) is 0 Å². The molecular formula is C10H20N2O2. The third-order valence-electron chi connectivity index (χ3n) is 2.55. The Kier molecular flexibility index (Phi) is 3.89. The normalized spacial score (nSPS) is 23.2. The lowest BCUT2D eigenvalue weighted by Gasteiger charge is -2.29. The number of piperazine rings is 1. The summed E-state index contributed by atoms with van der Waals surface area (Å²) in [7, 11) is 0. The average molecular weight is 200 g/mol. The molecule has 0 bridgehead atoms. The molecule has 1 atom stereocenters. The Bertz CT molecular complexity index is 198. The van der Waals surface area contributed by atoms with Crippen molar-refractivity contribution in [3.8, 4) is 0 Å². The predicted octanol–water partition coefficient (Wildman–Crippen LogP) is 0.280. The highest BCUT2D eigenvalue weighted by atomic mass is 16.6. The molecule has 0 aromatic carbocycles. The van der Waals surface area contributed by atoms with Gasteiger partial charge >= 0.3 is 5.97 Å². The van der Waals surface area contributed by atoms with Gasteiger partial charge in [-0.05, 0) is 20.3 Å². The van der Waals surface area contributed by atoms with Gasteiger partial charge in [0.15, 0.2) is 0 Å². The first-order valence-electron chi connectivity index (χ1n) is 5.22. The maximum Gasteiger partial charge on any atom is 0.324 e. The molecule has 1 aliphatic heterocycles. The minimum Gasteiger partial charge on any atom is -0.458 e. The van der Waals surface area contributed by atoms with Gasteiger partial charge < -0.3 is 15.4 Å². The van der Waals surface area contributed by atoms with Crippen molar-refractivity contribution in [1.29, 1.82) is 0 Å². The Labute approximate surface area is 85.4 Å². The number of rotatable bonds is 3. The molecule has 0 aromatic heterocycles. The van der Waals surface area contributed by atoms with Gasteiger partial charge in [-0.15, -0.1) is 0 Å². The van der Waals surface area contributed by atoms with E-state index in [1.165, 1.54) is 0 Å². The topological polar surface area (TPSA) is 50.4 Å².